The number of hydrogen-bond acceptors (Lipinski definition) is 3. The van der Waals surface area contributed by atoms with E-state index in [0.717, 1.165) is 11.1 Å². The molecule has 0 aliphatic carbocycles. The van der Waals surface area contributed by atoms with Gasteiger partial charge in [-0.1, -0.05) is 24.3 Å². The molecule has 1 spiro atoms. The van der Waals surface area contributed by atoms with Gasteiger partial charge in [0, 0.05) is 44.4 Å². The lowest BCUT2D eigenvalue weighted by atomic mass is 9.66. The number of hydrogen-bond donors (Lipinski definition) is 0. The summed E-state index contributed by atoms with van der Waals surface area (Å²) in [5.74, 6) is -1.31. The molecule has 0 aromatic heterocycles. The third-order valence-corrected chi connectivity index (χ3v) is 7.29. The van der Waals surface area contributed by atoms with Crippen molar-refractivity contribution in [2.45, 2.75) is 51.1 Å². The fourth-order valence-electron chi connectivity index (χ4n) is 5.70. The van der Waals surface area contributed by atoms with E-state index < -0.39 is 17.3 Å². The Kier molecular flexibility index (Phi) is 6.23. The summed E-state index contributed by atoms with van der Waals surface area (Å²) < 4.78 is 13.8. The molecule has 2 aliphatic rings. The van der Waals surface area contributed by atoms with Crippen LogP contribution in [-0.2, 0) is 4.79 Å². The van der Waals surface area contributed by atoms with Crippen molar-refractivity contribution in [2.75, 3.05) is 27.2 Å². The molecule has 7 heteroatoms. The van der Waals surface area contributed by atoms with E-state index in [4.69, 9.17) is 0 Å². The van der Waals surface area contributed by atoms with Gasteiger partial charge >= 0.3 is 0 Å². The van der Waals surface area contributed by atoms with Crippen molar-refractivity contribution >= 4 is 17.7 Å². The number of fused-ring (bicyclic) bond motifs is 1. The molecule has 1 atom stereocenters. The van der Waals surface area contributed by atoms with Gasteiger partial charge in [0.15, 0.2) is 0 Å². The van der Waals surface area contributed by atoms with Crippen molar-refractivity contribution in [3.63, 3.8) is 0 Å². The summed E-state index contributed by atoms with van der Waals surface area (Å²) in [4.78, 5) is 45.7. The van der Waals surface area contributed by atoms with Gasteiger partial charge in [-0.25, -0.2) is 4.39 Å². The predicted molar refractivity (Wildman–Crippen MR) is 128 cm³/mol. The van der Waals surface area contributed by atoms with E-state index in [1.165, 1.54) is 12.1 Å². The van der Waals surface area contributed by atoms with Crippen molar-refractivity contribution in [3.05, 3.63) is 70.5 Å². The van der Waals surface area contributed by atoms with Crippen LogP contribution < -0.4 is 0 Å². The Labute approximate surface area is 200 Å². The van der Waals surface area contributed by atoms with Crippen LogP contribution in [0.4, 0.5) is 4.39 Å². The van der Waals surface area contributed by atoms with Crippen LogP contribution in [0.15, 0.2) is 42.5 Å². The Hall–Kier alpha value is -3.22. The average Bonchev–Trinajstić information content (AvgIpc) is 2.80. The van der Waals surface area contributed by atoms with E-state index in [0.29, 0.717) is 37.1 Å². The topological polar surface area (TPSA) is 60.9 Å². The molecule has 34 heavy (non-hydrogen) atoms. The van der Waals surface area contributed by atoms with Gasteiger partial charge in [0.05, 0.1) is 11.5 Å². The van der Waals surface area contributed by atoms with Crippen LogP contribution in [0, 0.1) is 12.7 Å². The number of likely N-dealkylation sites (N-methyl/N-ethyl adjacent to an activating group) is 1. The summed E-state index contributed by atoms with van der Waals surface area (Å²) >= 11 is 0. The molecule has 1 unspecified atom stereocenters. The van der Waals surface area contributed by atoms with Crippen LogP contribution in [0.2, 0.25) is 0 Å². The van der Waals surface area contributed by atoms with Crippen LogP contribution in [0.5, 0.6) is 0 Å². The van der Waals surface area contributed by atoms with Gasteiger partial charge in [-0.2, -0.15) is 0 Å². The SMILES string of the molecule is Cc1ccc(F)cc1C(=O)N1CCC2(CC1)C(C(=O)N(C)C)c1ccccc1C(=O)N2C(C)C. The third kappa shape index (κ3) is 3.77. The molecule has 1 fully saturated rings. The number of carbonyl (C=O) groups excluding carboxylic acids is 3. The van der Waals surface area contributed by atoms with Crippen LogP contribution >= 0.6 is 0 Å². The molecule has 1 saturated heterocycles. The van der Waals surface area contributed by atoms with E-state index in [2.05, 4.69) is 0 Å². The summed E-state index contributed by atoms with van der Waals surface area (Å²) in [6, 6.07) is 11.5. The van der Waals surface area contributed by atoms with Crippen molar-refractivity contribution < 1.29 is 18.8 Å². The highest BCUT2D eigenvalue weighted by Crippen LogP contribution is 2.48. The minimum atomic E-state index is -0.741. The van der Waals surface area contributed by atoms with E-state index in [-0.39, 0.29) is 23.8 Å². The first-order chi connectivity index (χ1) is 16.1. The second-order valence-electron chi connectivity index (χ2n) is 9.88. The fraction of sp³-hybridized carbons (Fsp3) is 0.444. The standard InChI is InChI=1S/C27H32FN3O3/c1-17(2)31-25(33)21-9-7-6-8-20(21)23(26(34)29(4)5)27(31)12-14-30(15-13-27)24(32)22-16-19(28)11-10-18(22)3/h6-11,16-17,23H,12-15H2,1-5H3. The fourth-order valence-corrected chi connectivity index (χ4v) is 5.70. The first kappa shape index (κ1) is 23.9. The van der Waals surface area contributed by atoms with Crippen molar-refractivity contribution in [1.29, 1.82) is 0 Å². The summed E-state index contributed by atoms with van der Waals surface area (Å²) in [5.41, 5.74) is 1.65. The van der Waals surface area contributed by atoms with Gasteiger partial charge in [0.1, 0.15) is 5.82 Å². The zero-order valence-corrected chi connectivity index (χ0v) is 20.5. The molecule has 180 valence electrons. The number of halogens is 1. The summed E-state index contributed by atoms with van der Waals surface area (Å²) in [6.07, 6.45) is 0.936. The largest absolute Gasteiger partial charge is 0.348 e. The highest BCUT2D eigenvalue weighted by Gasteiger charge is 2.56. The van der Waals surface area contributed by atoms with Gasteiger partial charge < -0.3 is 14.7 Å². The molecular formula is C27H32FN3O3. The first-order valence-corrected chi connectivity index (χ1v) is 11.8. The number of carbonyl (C=O) groups is 3. The maximum absolute atomic E-state index is 13.8. The monoisotopic (exact) mass is 465 g/mol. The number of nitrogens with zero attached hydrogens (tertiary/aromatic N) is 3. The molecule has 0 N–H and O–H groups in total. The highest BCUT2D eigenvalue weighted by atomic mass is 19.1. The minimum Gasteiger partial charge on any atom is -0.348 e. The Morgan fingerprint density at radius 3 is 2.35 bits per heavy atom. The van der Waals surface area contributed by atoms with Crippen molar-refractivity contribution in [1.82, 2.24) is 14.7 Å². The lowest BCUT2D eigenvalue weighted by Crippen LogP contribution is -2.67. The lowest BCUT2D eigenvalue weighted by molar-refractivity contribution is -0.136. The summed E-state index contributed by atoms with van der Waals surface area (Å²) in [5, 5.41) is 0. The van der Waals surface area contributed by atoms with Crippen molar-refractivity contribution in [2.24, 2.45) is 0 Å². The number of rotatable bonds is 3. The number of aryl methyl sites for hydroxylation is 1. The molecule has 2 heterocycles. The van der Waals surface area contributed by atoms with Gasteiger partial charge in [-0.3, -0.25) is 14.4 Å². The number of likely N-dealkylation sites (tertiary alicyclic amines) is 1. The van der Waals surface area contributed by atoms with E-state index in [9.17, 15) is 18.8 Å². The smallest absolute Gasteiger partial charge is 0.254 e. The Morgan fingerprint density at radius 1 is 1.09 bits per heavy atom. The van der Waals surface area contributed by atoms with Crippen LogP contribution in [0.25, 0.3) is 0 Å². The molecule has 3 amide bonds. The van der Waals surface area contributed by atoms with Crippen LogP contribution in [0.1, 0.15) is 64.4 Å². The Morgan fingerprint density at radius 2 is 1.74 bits per heavy atom. The molecule has 2 aliphatic heterocycles. The van der Waals surface area contributed by atoms with Gasteiger partial charge in [-0.15, -0.1) is 0 Å². The van der Waals surface area contributed by atoms with Gasteiger partial charge in [0.25, 0.3) is 11.8 Å². The van der Waals surface area contributed by atoms with E-state index in [1.54, 1.807) is 43.0 Å². The zero-order valence-electron chi connectivity index (χ0n) is 20.5. The van der Waals surface area contributed by atoms with E-state index in [1.807, 2.05) is 36.9 Å². The molecule has 2 aromatic carbocycles. The second kappa shape index (κ2) is 8.85. The number of amides is 3. The highest BCUT2D eigenvalue weighted by molar-refractivity contribution is 6.02. The minimum absolute atomic E-state index is 0.0497. The normalized spacial score (nSPS) is 19.4. The Balaban J connectivity index is 1.75. The molecule has 4 rings (SSSR count). The van der Waals surface area contributed by atoms with Gasteiger partial charge in [-0.05, 0) is 62.9 Å². The maximum Gasteiger partial charge on any atom is 0.254 e. The number of piperidine rings is 1. The first-order valence-electron chi connectivity index (χ1n) is 11.8. The average molecular weight is 466 g/mol. The maximum atomic E-state index is 13.8. The second-order valence-corrected chi connectivity index (χ2v) is 9.88. The molecule has 6 nitrogen and oxygen atoms in total. The number of benzene rings is 2. The summed E-state index contributed by atoms with van der Waals surface area (Å²) in [7, 11) is 3.47. The predicted octanol–water partition coefficient (Wildman–Crippen LogP) is 3.85. The molecule has 0 bridgehead atoms. The molecule has 2 aromatic rings. The van der Waals surface area contributed by atoms with E-state index >= 15 is 0 Å². The summed E-state index contributed by atoms with van der Waals surface area (Å²) in [6.45, 7) is 6.49. The quantitative estimate of drug-likeness (QED) is 0.692. The van der Waals surface area contributed by atoms with Crippen molar-refractivity contribution in [3.8, 4) is 0 Å². The zero-order chi connectivity index (χ0) is 24.8. The third-order valence-electron chi connectivity index (χ3n) is 7.29. The van der Waals surface area contributed by atoms with Gasteiger partial charge in [0.2, 0.25) is 5.91 Å². The lowest BCUT2D eigenvalue weighted by Gasteiger charge is -2.56. The molecular weight excluding hydrogens is 433 g/mol. The Bertz CT molecular complexity index is 1140. The molecule has 0 radical (unpaired) electrons. The van der Waals surface area contributed by atoms with Crippen LogP contribution in [0.3, 0.4) is 0 Å². The molecule has 0 saturated carbocycles. The van der Waals surface area contributed by atoms with Crippen LogP contribution in [-0.4, -0.2) is 71.2 Å².